The molecule has 4 nitrogen and oxygen atoms in total. The summed E-state index contributed by atoms with van der Waals surface area (Å²) in [6, 6.07) is 9.64. The number of rotatable bonds is 1. The lowest BCUT2D eigenvalue weighted by Gasteiger charge is -2.03. The highest BCUT2D eigenvalue weighted by atomic mass is 35.5. The highest BCUT2D eigenvalue weighted by Gasteiger charge is 2.07. The summed E-state index contributed by atoms with van der Waals surface area (Å²) in [7, 11) is 0. The van der Waals surface area contributed by atoms with Gasteiger partial charge in [-0.05, 0) is 29.7 Å². The van der Waals surface area contributed by atoms with E-state index in [1.807, 2.05) is 34.7 Å². The molecule has 0 saturated carbocycles. The van der Waals surface area contributed by atoms with Crippen molar-refractivity contribution in [1.29, 1.82) is 0 Å². The Morgan fingerprint density at radius 3 is 2.81 bits per heavy atom. The van der Waals surface area contributed by atoms with Crippen molar-refractivity contribution in [2.45, 2.75) is 6.54 Å². The molecule has 0 aliphatic rings. The van der Waals surface area contributed by atoms with E-state index in [9.17, 15) is 0 Å². The average Bonchev–Trinajstić information content (AvgIpc) is 2.72. The number of hydrogen-bond acceptors (Lipinski definition) is 3. The summed E-state index contributed by atoms with van der Waals surface area (Å²) in [5.74, 6) is 0.739. The third kappa shape index (κ3) is 1.27. The van der Waals surface area contributed by atoms with Gasteiger partial charge in [0, 0.05) is 5.02 Å². The van der Waals surface area contributed by atoms with Gasteiger partial charge in [0.2, 0.25) is 0 Å². The van der Waals surface area contributed by atoms with Crippen LogP contribution in [0.4, 0.5) is 0 Å². The molecule has 0 unspecified atom stereocenters. The minimum atomic E-state index is 0.354. The first-order chi connectivity index (χ1) is 7.79. The molecule has 0 atom stereocenters. The van der Waals surface area contributed by atoms with E-state index < -0.39 is 0 Å². The Morgan fingerprint density at radius 2 is 2.00 bits per heavy atom. The summed E-state index contributed by atoms with van der Waals surface area (Å²) in [5, 5.41) is 9.88. The minimum absolute atomic E-state index is 0.354. The number of hydrogen-bond donors (Lipinski definition) is 1. The van der Waals surface area contributed by atoms with Gasteiger partial charge in [0.25, 0.3) is 0 Å². The third-order valence-corrected chi connectivity index (χ3v) is 2.82. The van der Waals surface area contributed by atoms with Crippen molar-refractivity contribution in [3.8, 4) is 0 Å². The fraction of sp³-hybridized carbons (Fsp3) is 0.0909. The fourth-order valence-corrected chi connectivity index (χ4v) is 2.02. The largest absolute Gasteiger partial charge is 0.324 e. The molecule has 1 aromatic carbocycles. The Kier molecular flexibility index (Phi) is 2.05. The zero-order valence-electron chi connectivity index (χ0n) is 8.39. The van der Waals surface area contributed by atoms with E-state index in [1.165, 1.54) is 0 Å². The predicted octanol–water partition coefficient (Wildman–Crippen LogP) is 1.99. The molecule has 2 aromatic heterocycles. The van der Waals surface area contributed by atoms with Gasteiger partial charge in [0.05, 0.1) is 12.1 Å². The van der Waals surface area contributed by atoms with Gasteiger partial charge in [-0.25, -0.2) is 0 Å². The first-order valence-corrected chi connectivity index (χ1v) is 5.30. The van der Waals surface area contributed by atoms with Gasteiger partial charge >= 0.3 is 0 Å². The van der Waals surface area contributed by atoms with Crippen molar-refractivity contribution in [2.24, 2.45) is 5.73 Å². The average molecular weight is 233 g/mol. The van der Waals surface area contributed by atoms with Gasteiger partial charge in [-0.1, -0.05) is 17.7 Å². The fourth-order valence-electron chi connectivity index (χ4n) is 1.85. The SMILES string of the molecule is NCc1nnc2ccc3ccc(Cl)cc3n12. The van der Waals surface area contributed by atoms with Crippen LogP contribution in [-0.2, 0) is 6.54 Å². The molecule has 0 spiro atoms. The molecule has 3 aromatic rings. The lowest BCUT2D eigenvalue weighted by Crippen LogP contribution is -2.03. The lowest BCUT2D eigenvalue weighted by atomic mass is 10.2. The van der Waals surface area contributed by atoms with Crippen molar-refractivity contribution in [2.75, 3.05) is 0 Å². The molecular formula is C11H9ClN4. The van der Waals surface area contributed by atoms with Crippen LogP contribution >= 0.6 is 11.6 Å². The van der Waals surface area contributed by atoms with Crippen LogP contribution in [0, 0.1) is 0 Å². The molecule has 0 bridgehead atoms. The molecule has 0 saturated heterocycles. The number of aromatic nitrogens is 3. The number of pyridine rings is 1. The van der Waals surface area contributed by atoms with Gasteiger partial charge in [-0.15, -0.1) is 10.2 Å². The molecule has 0 aliphatic carbocycles. The minimum Gasteiger partial charge on any atom is -0.324 e. The lowest BCUT2D eigenvalue weighted by molar-refractivity contribution is 0.894. The zero-order chi connectivity index (χ0) is 11.1. The second-order valence-electron chi connectivity index (χ2n) is 3.55. The number of nitrogens with zero attached hydrogens (tertiary/aromatic N) is 3. The summed E-state index contributed by atoms with van der Waals surface area (Å²) >= 11 is 6.00. The highest BCUT2D eigenvalue weighted by molar-refractivity contribution is 6.31. The molecule has 0 radical (unpaired) electrons. The van der Waals surface area contributed by atoms with Crippen molar-refractivity contribution < 1.29 is 0 Å². The Balaban J connectivity index is 2.54. The van der Waals surface area contributed by atoms with Crippen LogP contribution in [-0.4, -0.2) is 14.6 Å². The normalized spacial score (nSPS) is 11.4. The summed E-state index contributed by atoms with van der Waals surface area (Å²) < 4.78 is 1.93. The zero-order valence-corrected chi connectivity index (χ0v) is 9.15. The maximum absolute atomic E-state index is 6.00. The van der Waals surface area contributed by atoms with E-state index in [2.05, 4.69) is 10.2 Å². The van der Waals surface area contributed by atoms with Crippen molar-refractivity contribution >= 4 is 28.2 Å². The molecule has 0 fully saturated rings. The Labute approximate surface area is 96.6 Å². The van der Waals surface area contributed by atoms with Gasteiger partial charge in [-0.2, -0.15) is 0 Å². The van der Waals surface area contributed by atoms with E-state index in [1.54, 1.807) is 0 Å². The second kappa shape index (κ2) is 3.43. The number of fused-ring (bicyclic) bond motifs is 3. The van der Waals surface area contributed by atoms with Crippen molar-refractivity contribution in [3.05, 3.63) is 41.2 Å². The van der Waals surface area contributed by atoms with Crippen LogP contribution in [0.25, 0.3) is 16.6 Å². The molecule has 2 N–H and O–H groups in total. The first-order valence-electron chi connectivity index (χ1n) is 4.92. The maximum atomic E-state index is 6.00. The van der Waals surface area contributed by atoms with Gasteiger partial charge < -0.3 is 5.73 Å². The Bertz CT molecular complexity index is 674. The highest BCUT2D eigenvalue weighted by Crippen LogP contribution is 2.21. The maximum Gasteiger partial charge on any atom is 0.161 e. The molecule has 3 rings (SSSR count). The van der Waals surface area contributed by atoms with Crippen LogP contribution in [0.15, 0.2) is 30.3 Å². The quantitative estimate of drug-likeness (QED) is 0.698. The number of halogens is 1. The van der Waals surface area contributed by atoms with E-state index in [4.69, 9.17) is 17.3 Å². The van der Waals surface area contributed by atoms with Crippen molar-refractivity contribution in [3.63, 3.8) is 0 Å². The van der Waals surface area contributed by atoms with Gasteiger partial charge in [-0.3, -0.25) is 4.40 Å². The molecule has 80 valence electrons. The predicted molar refractivity (Wildman–Crippen MR) is 63.4 cm³/mol. The molecule has 0 aliphatic heterocycles. The third-order valence-electron chi connectivity index (χ3n) is 2.58. The van der Waals surface area contributed by atoms with E-state index in [0.717, 1.165) is 22.4 Å². The topological polar surface area (TPSA) is 56.2 Å². The standard InChI is InChI=1S/C11H9ClN4/c12-8-3-1-7-2-4-10-14-15-11(6-13)16(10)9(7)5-8/h1-5H,6,13H2. The smallest absolute Gasteiger partial charge is 0.161 e. The Morgan fingerprint density at radius 1 is 1.19 bits per heavy atom. The first kappa shape index (κ1) is 9.57. The van der Waals surface area contributed by atoms with Crippen LogP contribution in [0.1, 0.15) is 5.82 Å². The van der Waals surface area contributed by atoms with Crippen LogP contribution in [0.3, 0.4) is 0 Å². The molecular weight excluding hydrogens is 224 g/mol. The van der Waals surface area contributed by atoms with Crippen molar-refractivity contribution in [1.82, 2.24) is 14.6 Å². The molecule has 2 heterocycles. The summed E-state index contributed by atoms with van der Waals surface area (Å²) in [4.78, 5) is 0. The Hall–Kier alpha value is -1.65. The summed E-state index contributed by atoms with van der Waals surface area (Å²) in [5.41, 5.74) is 7.40. The van der Waals surface area contributed by atoms with E-state index >= 15 is 0 Å². The number of nitrogens with two attached hydrogens (primary N) is 1. The monoisotopic (exact) mass is 232 g/mol. The van der Waals surface area contributed by atoms with Crippen LogP contribution in [0.5, 0.6) is 0 Å². The van der Waals surface area contributed by atoms with Gasteiger partial charge in [0.1, 0.15) is 0 Å². The molecule has 5 heteroatoms. The summed E-state index contributed by atoms with van der Waals surface area (Å²) in [6.07, 6.45) is 0. The van der Waals surface area contributed by atoms with E-state index in [-0.39, 0.29) is 0 Å². The summed E-state index contributed by atoms with van der Waals surface area (Å²) in [6.45, 7) is 0.354. The van der Waals surface area contributed by atoms with Crippen LogP contribution < -0.4 is 5.73 Å². The molecule has 0 amide bonds. The molecule has 16 heavy (non-hydrogen) atoms. The van der Waals surface area contributed by atoms with Gasteiger partial charge in [0.15, 0.2) is 11.5 Å². The number of benzene rings is 1. The van der Waals surface area contributed by atoms with E-state index in [0.29, 0.717) is 11.6 Å². The van der Waals surface area contributed by atoms with Crippen LogP contribution in [0.2, 0.25) is 5.02 Å². The second-order valence-corrected chi connectivity index (χ2v) is 3.99.